The van der Waals surface area contributed by atoms with Crippen molar-refractivity contribution in [1.29, 1.82) is 0 Å². The van der Waals surface area contributed by atoms with E-state index in [4.69, 9.17) is 0 Å². The van der Waals surface area contributed by atoms with Crippen LogP contribution in [-0.2, 0) is 9.59 Å². The Kier molecular flexibility index (Phi) is 3.10. The molecule has 5 nitrogen and oxygen atoms in total. The molecular weight excluding hydrogens is 266 g/mol. The molecule has 0 unspecified atom stereocenters. The minimum absolute atomic E-state index is 0.128. The van der Waals surface area contributed by atoms with Crippen LogP contribution in [0.2, 0.25) is 0 Å². The van der Waals surface area contributed by atoms with Crippen molar-refractivity contribution < 1.29 is 9.59 Å². The SMILES string of the molecule is CC(=O)Nc1ccc2c(c1)C(=C(C)c1ccc[nH]1)C(=O)N2. The highest BCUT2D eigenvalue weighted by Crippen LogP contribution is 2.37. The number of carbonyl (C=O) groups is 2. The number of aromatic amines is 1. The van der Waals surface area contributed by atoms with E-state index < -0.39 is 0 Å². The first-order valence-electron chi connectivity index (χ1n) is 6.64. The summed E-state index contributed by atoms with van der Waals surface area (Å²) in [5, 5.41) is 5.58. The molecule has 5 heteroatoms. The summed E-state index contributed by atoms with van der Waals surface area (Å²) in [6.07, 6.45) is 1.82. The normalized spacial score (nSPS) is 15.4. The van der Waals surface area contributed by atoms with E-state index in [0.717, 1.165) is 22.5 Å². The van der Waals surface area contributed by atoms with Crippen molar-refractivity contribution in [3.63, 3.8) is 0 Å². The van der Waals surface area contributed by atoms with E-state index in [2.05, 4.69) is 15.6 Å². The van der Waals surface area contributed by atoms with Gasteiger partial charge in [0.15, 0.2) is 0 Å². The van der Waals surface area contributed by atoms with Crippen molar-refractivity contribution in [3.8, 4) is 0 Å². The monoisotopic (exact) mass is 281 g/mol. The maximum Gasteiger partial charge on any atom is 0.256 e. The van der Waals surface area contributed by atoms with E-state index in [1.165, 1.54) is 6.92 Å². The molecule has 0 saturated carbocycles. The number of amides is 2. The zero-order valence-electron chi connectivity index (χ0n) is 11.8. The number of aromatic nitrogens is 1. The molecule has 106 valence electrons. The van der Waals surface area contributed by atoms with Gasteiger partial charge in [-0.05, 0) is 42.8 Å². The highest BCUT2D eigenvalue weighted by Gasteiger charge is 2.27. The third-order valence-electron chi connectivity index (χ3n) is 3.46. The van der Waals surface area contributed by atoms with Gasteiger partial charge in [-0.25, -0.2) is 0 Å². The van der Waals surface area contributed by atoms with Crippen LogP contribution in [0.5, 0.6) is 0 Å². The van der Waals surface area contributed by atoms with Gasteiger partial charge in [-0.15, -0.1) is 0 Å². The molecule has 1 aliphatic rings. The van der Waals surface area contributed by atoms with Gasteiger partial charge in [0.1, 0.15) is 0 Å². The zero-order chi connectivity index (χ0) is 15.0. The minimum Gasteiger partial charge on any atom is -0.361 e. The zero-order valence-corrected chi connectivity index (χ0v) is 11.8. The first kappa shape index (κ1) is 13.2. The van der Waals surface area contributed by atoms with Crippen LogP contribution in [0.1, 0.15) is 25.1 Å². The Morgan fingerprint density at radius 2 is 2.00 bits per heavy atom. The predicted molar refractivity (Wildman–Crippen MR) is 82.7 cm³/mol. The maximum atomic E-state index is 12.2. The smallest absolute Gasteiger partial charge is 0.256 e. The second kappa shape index (κ2) is 4.94. The number of hydrogen-bond donors (Lipinski definition) is 3. The van der Waals surface area contributed by atoms with Crippen LogP contribution < -0.4 is 10.6 Å². The van der Waals surface area contributed by atoms with Crippen LogP contribution >= 0.6 is 0 Å². The number of nitrogens with one attached hydrogen (secondary N) is 3. The van der Waals surface area contributed by atoms with Gasteiger partial charge in [0.05, 0.1) is 5.57 Å². The van der Waals surface area contributed by atoms with Gasteiger partial charge in [-0.2, -0.15) is 0 Å². The molecule has 0 aliphatic carbocycles. The number of allylic oxidation sites excluding steroid dienone is 1. The third kappa shape index (κ3) is 2.33. The number of fused-ring (bicyclic) bond motifs is 1. The lowest BCUT2D eigenvalue weighted by Crippen LogP contribution is -2.05. The van der Waals surface area contributed by atoms with E-state index in [-0.39, 0.29) is 11.8 Å². The quantitative estimate of drug-likeness (QED) is 0.740. The fraction of sp³-hybridized carbons (Fsp3) is 0.125. The summed E-state index contributed by atoms with van der Waals surface area (Å²) in [7, 11) is 0. The highest BCUT2D eigenvalue weighted by molar-refractivity contribution is 6.36. The van der Waals surface area contributed by atoms with Gasteiger partial charge in [0, 0.05) is 35.8 Å². The molecule has 3 N–H and O–H groups in total. The Bertz CT molecular complexity index is 758. The lowest BCUT2D eigenvalue weighted by molar-refractivity contribution is -0.114. The first-order chi connectivity index (χ1) is 10.1. The highest BCUT2D eigenvalue weighted by atomic mass is 16.2. The Balaban J connectivity index is 2.12. The van der Waals surface area contributed by atoms with Gasteiger partial charge in [0.2, 0.25) is 5.91 Å². The summed E-state index contributed by atoms with van der Waals surface area (Å²) in [4.78, 5) is 26.5. The van der Waals surface area contributed by atoms with Crippen molar-refractivity contribution in [2.75, 3.05) is 10.6 Å². The predicted octanol–water partition coefficient (Wildman–Crippen LogP) is 2.86. The molecule has 2 amide bonds. The van der Waals surface area contributed by atoms with Gasteiger partial charge < -0.3 is 15.6 Å². The first-order valence-corrected chi connectivity index (χ1v) is 6.64. The van der Waals surface area contributed by atoms with Crippen molar-refractivity contribution in [2.24, 2.45) is 0 Å². The van der Waals surface area contributed by atoms with Gasteiger partial charge >= 0.3 is 0 Å². The van der Waals surface area contributed by atoms with Crippen LogP contribution in [-0.4, -0.2) is 16.8 Å². The number of H-pyrrole nitrogens is 1. The maximum absolute atomic E-state index is 12.2. The third-order valence-corrected chi connectivity index (χ3v) is 3.46. The molecule has 2 aromatic rings. The van der Waals surface area contributed by atoms with E-state index >= 15 is 0 Å². The van der Waals surface area contributed by atoms with E-state index in [1.54, 1.807) is 12.1 Å². The number of carbonyl (C=O) groups excluding carboxylic acids is 2. The van der Waals surface area contributed by atoms with Crippen LogP contribution in [0.3, 0.4) is 0 Å². The molecule has 0 saturated heterocycles. The molecule has 2 heterocycles. The van der Waals surface area contributed by atoms with Crippen LogP contribution in [0.25, 0.3) is 11.1 Å². The van der Waals surface area contributed by atoms with Crippen LogP contribution in [0.4, 0.5) is 11.4 Å². The number of hydrogen-bond acceptors (Lipinski definition) is 2. The molecule has 3 rings (SSSR count). The van der Waals surface area contributed by atoms with E-state index in [9.17, 15) is 9.59 Å². The second-order valence-corrected chi connectivity index (χ2v) is 4.98. The van der Waals surface area contributed by atoms with Crippen LogP contribution in [0, 0.1) is 0 Å². The number of anilines is 2. The average Bonchev–Trinajstić information content (AvgIpc) is 3.04. The fourth-order valence-electron chi connectivity index (χ4n) is 2.52. The molecule has 0 atom stereocenters. The van der Waals surface area contributed by atoms with Crippen molar-refractivity contribution >= 4 is 34.3 Å². The molecule has 0 spiro atoms. The fourth-order valence-corrected chi connectivity index (χ4v) is 2.52. The molecule has 1 aromatic carbocycles. The molecule has 1 aliphatic heterocycles. The summed E-state index contributed by atoms with van der Waals surface area (Å²) >= 11 is 0. The van der Waals surface area contributed by atoms with E-state index in [1.807, 2.05) is 31.3 Å². The Labute approximate surface area is 122 Å². The Morgan fingerprint density at radius 1 is 1.19 bits per heavy atom. The van der Waals surface area contributed by atoms with Crippen molar-refractivity contribution in [3.05, 3.63) is 47.8 Å². The average molecular weight is 281 g/mol. The number of rotatable bonds is 2. The Hall–Kier alpha value is -2.82. The molecule has 0 bridgehead atoms. The summed E-state index contributed by atoms with van der Waals surface area (Å²) < 4.78 is 0. The Morgan fingerprint density at radius 3 is 2.67 bits per heavy atom. The number of benzene rings is 1. The largest absolute Gasteiger partial charge is 0.361 e. The summed E-state index contributed by atoms with van der Waals surface area (Å²) in [5.41, 5.74) is 4.64. The molecule has 21 heavy (non-hydrogen) atoms. The van der Waals surface area contributed by atoms with Crippen LogP contribution in [0.15, 0.2) is 36.5 Å². The van der Waals surface area contributed by atoms with E-state index in [0.29, 0.717) is 11.3 Å². The minimum atomic E-state index is -0.140. The molecular formula is C16H15N3O2. The molecule has 0 radical (unpaired) electrons. The van der Waals surface area contributed by atoms with Gasteiger partial charge in [0.25, 0.3) is 5.91 Å². The summed E-state index contributed by atoms with van der Waals surface area (Å²) in [6, 6.07) is 9.20. The summed E-state index contributed by atoms with van der Waals surface area (Å²) in [5.74, 6) is -0.268. The van der Waals surface area contributed by atoms with Gasteiger partial charge in [-0.1, -0.05) is 0 Å². The lowest BCUT2D eigenvalue weighted by Gasteiger charge is -2.07. The van der Waals surface area contributed by atoms with Crippen molar-refractivity contribution in [2.45, 2.75) is 13.8 Å². The molecule has 1 aromatic heterocycles. The lowest BCUT2D eigenvalue weighted by atomic mass is 9.99. The molecule has 0 fully saturated rings. The summed E-state index contributed by atoms with van der Waals surface area (Å²) in [6.45, 7) is 3.36. The topological polar surface area (TPSA) is 74.0 Å². The van der Waals surface area contributed by atoms with Crippen molar-refractivity contribution in [1.82, 2.24) is 4.98 Å². The second-order valence-electron chi connectivity index (χ2n) is 4.98. The van der Waals surface area contributed by atoms with Gasteiger partial charge in [-0.3, -0.25) is 9.59 Å². The standard InChI is InChI=1S/C16H15N3O2/c1-9(13-4-3-7-17-13)15-12-8-11(18-10(2)20)5-6-14(12)19-16(15)21/h3-8,17H,1-2H3,(H,18,20)(H,19,21).